The van der Waals surface area contributed by atoms with Gasteiger partial charge in [-0.05, 0) is 29.3 Å². The van der Waals surface area contributed by atoms with Crippen LogP contribution in [0.4, 0.5) is 5.82 Å². The Morgan fingerprint density at radius 2 is 1.95 bits per heavy atom. The lowest BCUT2D eigenvalue weighted by molar-refractivity contribution is -0.132. The topological polar surface area (TPSA) is 76.2 Å². The fourth-order valence-electron chi connectivity index (χ4n) is 1.71. The van der Waals surface area contributed by atoms with E-state index in [9.17, 15) is 9.90 Å². The van der Waals surface area contributed by atoms with Gasteiger partial charge in [0, 0.05) is 18.2 Å². The molecule has 0 aliphatic carbocycles. The van der Waals surface area contributed by atoms with Crippen molar-refractivity contribution in [2.75, 3.05) is 5.73 Å². The molecule has 0 bridgehead atoms. The van der Waals surface area contributed by atoms with Gasteiger partial charge in [-0.15, -0.1) is 0 Å². The van der Waals surface area contributed by atoms with Gasteiger partial charge in [0.1, 0.15) is 5.82 Å². The van der Waals surface area contributed by atoms with Crippen LogP contribution in [0, 0.1) is 0 Å². The second kappa shape index (κ2) is 5.82. The third kappa shape index (κ3) is 3.67. The summed E-state index contributed by atoms with van der Waals surface area (Å²) < 4.78 is 0. The number of aromatic nitrogens is 1. The predicted molar refractivity (Wildman–Crippen MR) is 74.4 cm³/mol. The number of anilines is 1. The Morgan fingerprint density at radius 1 is 1.21 bits per heavy atom. The van der Waals surface area contributed by atoms with Crippen LogP contribution in [-0.4, -0.2) is 16.1 Å². The highest BCUT2D eigenvalue weighted by Crippen LogP contribution is 2.13. The first-order valence-electron chi connectivity index (χ1n) is 5.84. The summed E-state index contributed by atoms with van der Waals surface area (Å²) in [5.41, 5.74) is 7.49. The van der Waals surface area contributed by atoms with E-state index in [-0.39, 0.29) is 0 Å². The number of rotatable bonds is 4. The van der Waals surface area contributed by atoms with Crippen molar-refractivity contribution in [3.8, 4) is 0 Å². The zero-order valence-electron chi connectivity index (χ0n) is 10.3. The molecule has 19 heavy (non-hydrogen) atoms. The lowest BCUT2D eigenvalue weighted by Crippen LogP contribution is -2.04. The molecule has 0 saturated carbocycles. The molecule has 2 rings (SSSR count). The van der Waals surface area contributed by atoms with E-state index in [0.717, 1.165) is 11.1 Å². The Kier molecular flexibility index (Phi) is 3.93. The number of carbonyl (C=O) groups is 1. The number of carboxylic acids is 1. The average Bonchev–Trinajstić information content (AvgIpc) is 2.41. The summed E-state index contributed by atoms with van der Waals surface area (Å²) >= 11 is 0. The third-order valence-electron chi connectivity index (χ3n) is 2.66. The summed E-state index contributed by atoms with van der Waals surface area (Å²) in [6.07, 6.45) is 3.55. The van der Waals surface area contributed by atoms with Gasteiger partial charge < -0.3 is 10.8 Å². The molecular weight excluding hydrogens is 240 g/mol. The van der Waals surface area contributed by atoms with Crippen LogP contribution in [-0.2, 0) is 11.2 Å². The molecule has 0 unspecified atom stereocenters. The molecule has 96 valence electrons. The zero-order valence-corrected chi connectivity index (χ0v) is 10.3. The van der Waals surface area contributed by atoms with Crippen LogP contribution in [0.5, 0.6) is 0 Å². The molecule has 4 nitrogen and oxygen atoms in total. The minimum Gasteiger partial charge on any atom is -0.478 e. The fraction of sp³-hybridized carbons (Fsp3) is 0.0667. The van der Waals surface area contributed by atoms with Crippen LogP contribution >= 0.6 is 0 Å². The Hall–Kier alpha value is -2.62. The summed E-state index contributed by atoms with van der Waals surface area (Å²) in [5, 5.41) is 9.24. The summed E-state index contributed by atoms with van der Waals surface area (Å²) in [5.74, 6) is -0.516. The number of hydrogen-bond donors (Lipinski definition) is 2. The van der Waals surface area contributed by atoms with E-state index in [4.69, 9.17) is 5.73 Å². The van der Waals surface area contributed by atoms with Crippen molar-refractivity contribution in [1.29, 1.82) is 0 Å². The van der Waals surface area contributed by atoms with Crippen molar-refractivity contribution in [2.24, 2.45) is 0 Å². The third-order valence-corrected chi connectivity index (χ3v) is 2.66. The molecule has 1 aromatic heterocycles. The lowest BCUT2D eigenvalue weighted by Gasteiger charge is -2.03. The Labute approximate surface area is 111 Å². The van der Waals surface area contributed by atoms with E-state index in [0.29, 0.717) is 17.8 Å². The second-order valence-electron chi connectivity index (χ2n) is 4.15. The van der Waals surface area contributed by atoms with Crippen LogP contribution in [0.3, 0.4) is 0 Å². The number of benzene rings is 1. The number of pyridine rings is 1. The molecule has 0 amide bonds. The highest BCUT2D eigenvalue weighted by molar-refractivity contribution is 5.92. The SMILES string of the molecule is Nc1ccc(C=C(Cc2ccccc2)C(=O)O)cn1. The molecule has 0 aliphatic heterocycles. The number of hydrogen-bond acceptors (Lipinski definition) is 3. The molecule has 3 N–H and O–H groups in total. The number of carboxylic acid groups (broad SMARTS) is 1. The predicted octanol–water partition coefficient (Wildman–Crippen LogP) is 2.37. The van der Waals surface area contributed by atoms with Gasteiger partial charge in [0.15, 0.2) is 0 Å². The van der Waals surface area contributed by atoms with Gasteiger partial charge in [-0.2, -0.15) is 0 Å². The number of nitrogens with two attached hydrogens (primary N) is 1. The second-order valence-corrected chi connectivity index (χ2v) is 4.15. The molecule has 4 heteroatoms. The van der Waals surface area contributed by atoms with Crippen LogP contribution in [0.1, 0.15) is 11.1 Å². The highest BCUT2D eigenvalue weighted by atomic mass is 16.4. The zero-order chi connectivity index (χ0) is 13.7. The van der Waals surface area contributed by atoms with Crippen LogP contribution in [0.25, 0.3) is 6.08 Å². The minimum absolute atomic E-state index is 0.317. The van der Waals surface area contributed by atoms with E-state index in [1.807, 2.05) is 30.3 Å². The van der Waals surface area contributed by atoms with Gasteiger partial charge in [-0.25, -0.2) is 9.78 Å². The molecule has 2 aromatic rings. The first-order valence-corrected chi connectivity index (χ1v) is 5.84. The average molecular weight is 254 g/mol. The van der Waals surface area contributed by atoms with Crippen molar-refractivity contribution in [3.63, 3.8) is 0 Å². The van der Waals surface area contributed by atoms with Gasteiger partial charge in [0.2, 0.25) is 0 Å². The maximum absolute atomic E-state index is 11.3. The van der Waals surface area contributed by atoms with Gasteiger partial charge in [-0.3, -0.25) is 0 Å². The van der Waals surface area contributed by atoms with Gasteiger partial charge in [0.05, 0.1) is 0 Å². The lowest BCUT2D eigenvalue weighted by atomic mass is 10.0. The number of aliphatic carboxylic acids is 1. The number of nitrogen functional groups attached to an aromatic ring is 1. The van der Waals surface area contributed by atoms with Crippen LogP contribution < -0.4 is 5.73 Å². The van der Waals surface area contributed by atoms with Crippen molar-refractivity contribution in [1.82, 2.24) is 4.98 Å². The van der Waals surface area contributed by atoms with E-state index >= 15 is 0 Å². The molecule has 0 aliphatic rings. The molecule has 0 atom stereocenters. The van der Waals surface area contributed by atoms with Crippen molar-refractivity contribution < 1.29 is 9.90 Å². The highest BCUT2D eigenvalue weighted by Gasteiger charge is 2.08. The largest absolute Gasteiger partial charge is 0.478 e. The van der Waals surface area contributed by atoms with E-state index in [1.54, 1.807) is 24.4 Å². The quantitative estimate of drug-likeness (QED) is 0.821. The molecular formula is C15H14N2O2. The Morgan fingerprint density at radius 3 is 2.53 bits per heavy atom. The summed E-state index contributed by atoms with van der Waals surface area (Å²) in [4.78, 5) is 15.2. The van der Waals surface area contributed by atoms with Crippen molar-refractivity contribution in [2.45, 2.75) is 6.42 Å². The number of nitrogens with zero attached hydrogens (tertiary/aromatic N) is 1. The molecule has 0 radical (unpaired) electrons. The van der Waals surface area contributed by atoms with Crippen molar-refractivity contribution in [3.05, 3.63) is 65.4 Å². The monoisotopic (exact) mass is 254 g/mol. The molecule has 1 heterocycles. The standard InChI is InChI=1S/C15H14N2O2/c16-14-7-6-12(10-17-14)9-13(15(18)19)8-11-4-2-1-3-5-11/h1-7,9-10H,8H2,(H2,16,17)(H,18,19). The maximum atomic E-state index is 11.3. The molecule has 0 fully saturated rings. The van der Waals surface area contributed by atoms with Crippen LogP contribution in [0.15, 0.2) is 54.2 Å². The van der Waals surface area contributed by atoms with E-state index in [2.05, 4.69) is 4.98 Å². The first kappa shape index (κ1) is 12.8. The Balaban J connectivity index is 2.25. The molecule has 0 spiro atoms. The normalized spacial score (nSPS) is 11.3. The van der Waals surface area contributed by atoms with E-state index in [1.165, 1.54) is 0 Å². The summed E-state index contributed by atoms with van der Waals surface area (Å²) in [6.45, 7) is 0. The van der Waals surface area contributed by atoms with Gasteiger partial charge >= 0.3 is 5.97 Å². The van der Waals surface area contributed by atoms with E-state index < -0.39 is 5.97 Å². The summed E-state index contributed by atoms with van der Waals surface area (Å²) in [6, 6.07) is 12.9. The maximum Gasteiger partial charge on any atom is 0.331 e. The smallest absolute Gasteiger partial charge is 0.331 e. The summed E-state index contributed by atoms with van der Waals surface area (Å²) in [7, 11) is 0. The Bertz CT molecular complexity index is 589. The minimum atomic E-state index is -0.930. The molecule has 1 aromatic carbocycles. The fourth-order valence-corrected chi connectivity index (χ4v) is 1.71. The van der Waals surface area contributed by atoms with Crippen LogP contribution in [0.2, 0.25) is 0 Å². The van der Waals surface area contributed by atoms with Gasteiger partial charge in [0.25, 0.3) is 0 Å². The van der Waals surface area contributed by atoms with Crippen molar-refractivity contribution >= 4 is 17.9 Å². The van der Waals surface area contributed by atoms with Gasteiger partial charge in [-0.1, -0.05) is 30.3 Å². The molecule has 0 saturated heterocycles. The first-order chi connectivity index (χ1) is 9.15.